The van der Waals surface area contributed by atoms with Gasteiger partial charge in [-0.05, 0) is 27.6 Å². The lowest BCUT2D eigenvalue weighted by atomic mass is 10.2. The molecule has 1 N–H and O–H groups in total. The van der Waals surface area contributed by atoms with Crippen molar-refractivity contribution in [3.63, 3.8) is 0 Å². The van der Waals surface area contributed by atoms with E-state index in [1.54, 1.807) is 18.2 Å². The number of ether oxygens (including phenoxy) is 1. The molecule has 2 aromatic rings. The number of hydrogen-bond donors (Lipinski definition) is 1. The number of hydrogen-bond acceptors (Lipinski definition) is 5. The summed E-state index contributed by atoms with van der Waals surface area (Å²) < 4.78 is 20.0. The summed E-state index contributed by atoms with van der Waals surface area (Å²) in [5.41, 5.74) is 3.29. The zero-order valence-electron chi connectivity index (χ0n) is 11.8. The van der Waals surface area contributed by atoms with Crippen molar-refractivity contribution < 1.29 is 9.13 Å². The van der Waals surface area contributed by atoms with Crippen molar-refractivity contribution in [1.29, 1.82) is 10.5 Å². The average molecular weight is 373 g/mol. The van der Waals surface area contributed by atoms with Crippen LogP contribution < -0.4 is 10.2 Å². The number of anilines is 1. The van der Waals surface area contributed by atoms with Crippen LogP contribution >= 0.6 is 15.9 Å². The summed E-state index contributed by atoms with van der Waals surface area (Å²) in [6.45, 7) is 0.230. The van der Waals surface area contributed by atoms with Crippen molar-refractivity contribution in [2.75, 3.05) is 5.43 Å². The minimum absolute atomic E-state index is 0.0733. The third-order valence-electron chi connectivity index (χ3n) is 2.73. The molecule has 23 heavy (non-hydrogen) atoms. The highest BCUT2D eigenvalue weighted by atomic mass is 79.9. The van der Waals surface area contributed by atoms with Crippen LogP contribution in [0.2, 0.25) is 0 Å². The van der Waals surface area contributed by atoms with Crippen LogP contribution in [0.1, 0.15) is 5.56 Å². The molecule has 0 fully saturated rings. The van der Waals surface area contributed by atoms with Gasteiger partial charge in [0.2, 0.25) is 5.71 Å². The Balaban J connectivity index is 2.13. The van der Waals surface area contributed by atoms with E-state index in [-0.39, 0.29) is 23.8 Å². The van der Waals surface area contributed by atoms with E-state index in [0.717, 1.165) is 5.56 Å². The first-order valence-corrected chi connectivity index (χ1v) is 7.23. The topological polar surface area (TPSA) is 81.2 Å². The van der Waals surface area contributed by atoms with Crippen LogP contribution in [0.5, 0.6) is 5.75 Å². The van der Waals surface area contributed by atoms with Gasteiger partial charge in [-0.2, -0.15) is 15.6 Å². The minimum atomic E-state index is -0.594. The van der Waals surface area contributed by atoms with Crippen LogP contribution in [0.4, 0.5) is 10.1 Å². The quantitative estimate of drug-likeness (QED) is 0.635. The Labute approximate surface area is 140 Å². The molecule has 0 radical (unpaired) electrons. The lowest BCUT2D eigenvalue weighted by Crippen LogP contribution is -2.00. The summed E-state index contributed by atoms with van der Waals surface area (Å²) in [6, 6.07) is 15.3. The molecule has 0 heterocycles. The fraction of sp³-hybridized carbons (Fsp3) is 0.0625. The highest BCUT2D eigenvalue weighted by molar-refractivity contribution is 9.10. The van der Waals surface area contributed by atoms with E-state index in [1.807, 2.05) is 30.3 Å². The maximum absolute atomic E-state index is 14.1. The van der Waals surface area contributed by atoms with E-state index in [4.69, 9.17) is 15.3 Å². The van der Waals surface area contributed by atoms with Gasteiger partial charge in [0.25, 0.3) is 0 Å². The van der Waals surface area contributed by atoms with Gasteiger partial charge in [0.15, 0.2) is 11.6 Å². The van der Waals surface area contributed by atoms with Gasteiger partial charge in [0, 0.05) is 6.07 Å². The van der Waals surface area contributed by atoms with E-state index in [9.17, 15) is 4.39 Å². The van der Waals surface area contributed by atoms with Gasteiger partial charge in [-0.15, -0.1) is 0 Å². The molecule has 2 rings (SSSR count). The molecule has 0 unspecified atom stereocenters. The Hall–Kier alpha value is -2.90. The SMILES string of the molecule is N#CC(C#N)=NNc1cc(F)c(OCc2ccccc2)c(Br)c1. The zero-order chi connectivity index (χ0) is 16.7. The predicted octanol–water partition coefficient (Wildman–Crippen LogP) is 3.98. The van der Waals surface area contributed by atoms with Gasteiger partial charge in [-0.25, -0.2) is 4.39 Å². The first-order chi connectivity index (χ1) is 11.1. The number of halogens is 2. The average Bonchev–Trinajstić information content (AvgIpc) is 2.56. The molecule has 114 valence electrons. The van der Waals surface area contributed by atoms with Crippen molar-refractivity contribution in [2.45, 2.75) is 6.61 Å². The number of nitrogens with zero attached hydrogens (tertiary/aromatic N) is 3. The molecular weight excluding hydrogens is 363 g/mol. The highest BCUT2D eigenvalue weighted by Crippen LogP contribution is 2.32. The predicted molar refractivity (Wildman–Crippen MR) is 87.2 cm³/mol. The molecule has 0 amide bonds. The maximum atomic E-state index is 14.1. The Morgan fingerprint density at radius 3 is 2.52 bits per heavy atom. The van der Waals surface area contributed by atoms with E-state index < -0.39 is 5.82 Å². The Kier molecular flexibility index (Phi) is 5.67. The van der Waals surface area contributed by atoms with Crippen LogP contribution in [-0.2, 0) is 6.61 Å². The molecule has 0 aliphatic rings. The van der Waals surface area contributed by atoms with Crippen molar-refractivity contribution in [2.24, 2.45) is 5.10 Å². The summed E-state index contributed by atoms with van der Waals surface area (Å²) in [6.07, 6.45) is 0. The fourth-order valence-corrected chi connectivity index (χ4v) is 2.24. The Morgan fingerprint density at radius 2 is 1.91 bits per heavy atom. The van der Waals surface area contributed by atoms with E-state index in [1.165, 1.54) is 6.07 Å². The summed E-state index contributed by atoms with van der Waals surface area (Å²) in [5.74, 6) is -0.521. The second-order valence-electron chi connectivity index (χ2n) is 4.34. The maximum Gasteiger partial charge on any atom is 0.237 e. The number of nitrogens with one attached hydrogen (secondary N) is 1. The molecule has 5 nitrogen and oxygen atoms in total. The number of nitriles is 2. The molecule has 0 aliphatic heterocycles. The van der Waals surface area contributed by atoms with E-state index >= 15 is 0 Å². The van der Waals surface area contributed by atoms with Gasteiger partial charge < -0.3 is 4.74 Å². The third kappa shape index (κ3) is 4.53. The first kappa shape index (κ1) is 16.5. The Morgan fingerprint density at radius 1 is 1.22 bits per heavy atom. The normalized spacial score (nSPS) is 9.39. The van der Waals surface area contributed by atoms with Crippen molar-refractivity contribution in [3.05, 3.63) is 58.3 Å². The van der Waals surface area contributed by atoms with Gasteiger partial charge >= 0.3 is 0 Å². The van der Waals surface area contributed by atoms with Crippen LogP contribution in [0.25, 0.3) is 0 Å². The van der Waals surface area contributed by atoms with Crippen LogP contribution in [0.3, 0.4) is 0 Å². The van der Waals surface area contributed by atoms with Crippen molar-refractivity contribution >= 4 is 27.3 Å². The first-order valence-electron chi connectivity index (χ1n) is 6.43. The van der Waals surface area contributed by atoms with Crippen LogP contribution in [0.15, 0.2) is 52.0 Å². The molecule has 2 aromatic carbocycles. The molecule has 0 saturated carbocycles. The molecule has 0 bridgehead atoms. The highest BCUT2D eigenvalue weighted by Gasteiger charge is 2.11. The minimum Gasteiger partial charge on any atom is -0.485 e. The monoisotopic (exact) mass is 372 g/mol. The second-order valence-corrected chi connectivity index (χ2v) is 5.19. The van der Waals surface area contributed by atoms with Gasteiger partial charge in [-0.1, -0.05) is 30.3 Å². The molecule has 0 aromatic heterocycles. The summed E-state index contributed by atoms with van der Waals surface area (Å²) in [4.78, 5) is 0. The third-order valence-corrected chi connectivity index (χ3v) is 3.32. The van der Waals surface area contributed by atoms with Crippen molar-refractivity contribution in [3.8, 4) is 17.9 Å². The summed E-state index contributed by atoms with van der Waals surface area (Å²) in [5, 5.41) is 20.7. The summed E-state index contributed by atoms with van der Waals surface area (Å²) in [7, 11) is 0. The molecule has 7 heteroatoms. The molecule has 0 atom stereocenters. The standard InChI is InChI=1S/C16H10BrFN4O/c17-14-6-12(21-22-13(8-19)9-20)7-15(18)16(14)23-10-11-4-2-1-3-5-11/h1-7,21H,10H2. The largest absolute Gasteiger partial charge is 0.485 e. The lowest BCUT2D eigenvalue weighted by molar-refractivity contribution is 0.288. The zero-order valence-corrected chi connectivity index (χ0v) is 13.3. The number of hydrazone groups is 1. The molecule has 0 aliphatic carbocycles. The second kappa shape index (κ2) is 7.92. The van der Waals surface area contributed by atoms with Gasteiger partial charge in [-0.3, -0.25) is 5.43 Å². The number of rotatable bonds is 5. The van der Waals surface area contributed by atoms with Gasteiger partial charge in [0.05, 0.1) is 10.2 Å². The van der Waals surface area contributed by atoms with E-state index in [2.05, 4.69) is 26.5 Å². The lowest BCUT2D eigenvalue weighted by Gasteiger charge is -2.11. The smallest absolute Gasteiger partial charge is 0.237 e. The number of benzene rings is 2. The fourth-order valence-electron chi connectivity index (χ4n) is 1.69. The molecule has 0 saturated heterocycles. The van der Waals surface area contributed by atoms with Gasteiger partial charge in [0.1, 0.15) is 18.7 Å². The summed E-state index contributed by atoms with van der Waals surface area (Å²) >= 11 is 3.23. The van der Waals surface area contributed by atoms with E-state index in [0.29, 0.717) is 4.47 Å². The Bertz CT molecular complexity index is 770. The van der Waals surface area contributed by atoms with Crippen molar-refractivity contribution in [1.82, 2.24) is 0 Å². The molecular formula is C16H10BrFN4O. The molecule has 0 spiro atoms. The van der Waals surface area contributed by atoms with Crippen LogP contribution in [0, 0.1) is 28.5 Å². The van der Waals surface area contributed by atoms with Crippen LogP contribution in [-0.4, -0.2) is 5.71 Å².